The van der Waals surface area contributed by atoms with Crippen LogP contribution in [0.4, 0.5) is 0 Å². The molecule has 4 heterocycles. The Morgan fingerprint density at radius 1 is 0.286 bits per heavy atom. The van der Waals surface area contributed by atoms with Gasteiger partial charge >= 0.3 is 28.5 Å². The van der Waals surface area contributed by atoms with Gasteiger partial charge in [-0.15, -0.1) is 0 Å². The van der Waals surface area contributed by atoms with Gasteiger partial charge in [0.05, 0.1) is 44.8 Å². The van der Waals surface area contributed by atoms with E-state index in [4.69, 9.17) is 37.2 Å². The third-order valence-electron chi connectivity index (χ3n) is 11.3. The van der Waals surface area contributed by atoms with Crippen molar-refractivity contribution in [3.05, 3.63) is 12.1 Å². The number of hydrogen-bond acceptors (Lipinski definition) is 8. The molecule has 5 rings (SSSR count). The zero-order chi connectivity index (χ0) is 31.7. The monoisotopic (exact) mass is 582 g/mol. The van der Waals surface area contributed by atoms with Gasteiger partial charge in [0, 0.05) is 0 Å². The third-order valence-corrected chi connectivity index (χ3v) is 11.3. The Morgan fingerprint density at radius 3 is 0.524 bits per heavy atom. The van der Waals surface area contributed by atoms with Gasteiger partial charge in [-0.05, 0) is 133 Å². The molecule has 0 spiro atoms. The highest BCUT2D eigenvalue weighted by Crippen LogP contribution is 2.40. The van der Waals surface area contributed by atoms with Gasteiger partial charge in [0.1, 0.15) is 0 Å². The number of hydrogen-bond donors (Lipinski definition) is 0. The lowest BCUT2D eigenvalue weighted by Crippen LogP contribution is -2.61. The van der Waals surface area contributed by atoms with Crippen LogP contribution in [0.1, 0.15) is 111 Å². The van der Waals surface area contributed by atoms with E-state index < -0.39 is 73.3 Å². The molecule has 1 aromatic carbocycles. The Hall–Kier alpha value is -0.840. The van der Waals surface area contributed by atoms with E-state index in [-0.39, 0.29) is 0 Å². The van der Waals surface area contributed by atoms with Gasteiger partial charge in [-0.1, -0.05) is 12.1 Å². The maximum absolute atomic E-state index is 6.61. The van der Waals surface area contributed by atoms with Crippen LogP contribution in [0.25, 0.3) is 0 Å². The van der Waals surface area contributed by atoms with Crippen molar-refractivity contribution in [1.29, 1.82) is 0 Å². The smallest absolute Gasteiger partial charge is 0.399 e. The lowest BCUT2D eigenvalue weighted by molar-refractivity contribution is 0.00578. The van der Waals surface area contributed by atoms with E-state index in [1.165, 1.54) is 0 Å². The Morgan fingerprint density at radius 2 is 0.405 bits per heavy atom. The fourth-order valence-corrected chi connectivity index (χ4v) is 5.37. The average Bonchev–Trinajstić information content (AvgIpc) is 3.33. The number of rotatable bonds is 4. The van der Waals surface area contributed by atoms with Crippen LogP contribution < -0.4 is 21.9 Å². The maximum atomic E-state index is 6.61. The van der Waals surface area contributed by atoms with Gasteiger partial charge < -0.3 is 37.2 Å². The Bertz CT molecular complexity index is 1010. The normalized spacial score (nSPS) is 29.5. The summed E-state index contributed by atoms with van der Waals surface area (Å²) in [6, 6.07) is 4.12. The third kappa shape index (κ3) is 4.97. The molecule has 1 aromatic rings. The summed E-state index contributed by atoms with van der Waals surface area (Å²) in [5.41, 5.74) is -1.12. The lowest BCUT2D eigenvalue weighted by Gasteiger charge is -2.32. The summed E-state index contributed by atoms with van der Waals surface area (Å²) >= 11 is 0. The molecule has 0 aromatic heterocycles. The molecule has 0 unspecified atom stereocenters. The molecule has 4 aliphatic rings. The molecule has 42 heavy (non-hydrogen) atoms. The highest BCUT2D eigenvalue weighted by molar-refractivity contribution is 6.79. The average molecular weight is 582 g/mol. The molecule has 0 aliphatic carbocycles. The zero-order valence-electron chi connectivity index (χ0n) is 28.7. The molecule has 0 radical (unpaired) electrons. The first kappa shape index (κ1) is 32.6. The van der Waals surface area contributed by atoms with Gasteiger partial charge in [0.2, 0.25) is 0 Å². The molecular formula is C30H50B4O8. The van der Waals surface area contributed by atoms with Crippen molar-refractivity contribution in [3.8, 4) is 0 Å². The number of benzene rings is 1. The van der Waals surface area contributed by atoms with E-state index in [1.807, 2.05) is 0 Å². The van der Waals surface area contributed by atoms with E-state index in [1.54, 1.807) is 0 Å². The molecule has 0 amide bonds. The molecule has 0 atom stereocenters. The zero-order valence-corrected chi connectivity index (χ0v) is 28.7. The van der Waals surface area contributed by atoms with Crippen LogP contribution in [0.5, 0.6) is 0 Å². The van der Waals surface area contributed by atoms with Crippen molar-refractivity contribution >= 4 is 50.3 Å². The van der Waals surface area contributed by atoms with Gasteiger partial charge in [0.25, 0.3) is 0 Å². The van der Waals surface area contributed by atoms with Crippen molar-refractivity contribution in [2.45, 2.75) is 156 Å². The van der Waals surface area contributed by atoms with E-state index >= 15 is 0 Å². The predicted octanol–water partition coefficient (Wildman–Crippen LogP) is 2.88. The van der Waals surface area contributed by atoms with Crippen molar-refractivity contribution in [3.63, 3.8) is 0 Å². The van der Waals surface area contributed by atoms with Crippen LogP contribution in [0.2, 0.25) is 0 Å². The molecular weight excluding hydrogens is 532 g/mol. The molecule has 0 bridgehead atoms. The minimum absolute atomic E-state index is 0.542. The topological polar surface area (TPSA) is 73.8 Å². The van der Waals surface area contributed by atoms with Crippen LogP contribution in [-0.2, 0) is 37.2 Å². The van der Waals surface area contributed by atoms with Crippen LogP contribution in [-0.4, -0.2) is 73.3 Å². The first-order valence-electron chi connectivity index (χ1n) is 15.3. The van der Waals surface area contributed by atoms with Gasteiger partial charge in [-0.3, -0.25) is 0 Å². The van der Waals surface area contributed by atoms with Crippen molar-refractivity contribution in [2.75, 3.05) is 0 Å². The second-order valence-corrected chi connectivity index (χ2v) is 16.5. The van der Waals surface area contributed by atoms with Gasteiger partial charge in [0.15, 0.2) is 0 Å². The molecule has 0 N–H and O–H groups in total. The summed E-state index contributed by atoms with van der Waals surface area (Å²) in [5, 5.41) is 0. The van der Waals surface area contributed by atoms with Crippen molar-refractivity contribution in [1.82, 2.24) is 0 Å². The Balaban J connectivity index is 1.72. The molecule has 230 valence electrons. The predicted molar refractivity (Wildman–Crippen MR) is 169 cm³/mol. The second kappa shape index (κ2) is 9.35. The van der Waals surface area contributed by atoms with Crippen LogP contribution >= 0.6 is 0 Å². The molecule has 4 fully saturated rings. The minimum atomic E-state index is -0.669. The Labute approximate surface area is 255 Å². The van der Waals surface area contributed by atoms with E-state index in [2.05, 4.69) is 123 Å². The largest absolute Gasteiger partial charge is 0.494 e. The SMILES string of the molecule is CC1(C)OB(c2cc(B3OC(C)(C)C(C)(C)O3)c(B3OC(C)(C)C(C)(C)O3)cc2B2OC(C)(C)C(C)(C)O2)OC1(C)C. The van der Waals surface area contributed by atoms with Crippen LogP contribution in [0, 0.1) is 0 Å². The highest BCUT2D eigenvalue weighted by Gasteiger charge is 2.60. The first-order valence-corrected chi connectivity index (χ1v) is 15.3. The highest BCUT2D eigenvalue weighted by atomic mass is 16.7. The van der Waals surface area contributed by atoms with Crippen molar-refractivity contribution < 1.29 is 37.2 Å². The summed E-state index contributed by atoms with van der Waals surface area (Å²) in [7, 11) is -2.68. The summed E-state index contributed by atoms with van der Waals surface area (Å²) in [6.45, 7) is 32.8. The fraction of sp³-hybridized carbons (Fsp3) is 0.800. The molecule has 4 saturated heterocycles. The molecule has 0 saturated carbocycles. The van der Waals surface area contributed by atoms with Gasteiger partial charge in [-0.25, -0.2) is 0 Å². The van der Waals surface area contributed by atoms with Crippen LogP contribution in [0.3, 0.4) is 0 Å². The summed E-state index contributed by atoms with van der Waals surface area (Å²) in [4.78, 5) is 0. The molecule has 8 nitrogen and oxygen atoms in total. The second-order valence-electron chi connectivity index (χ2n) is 16.5. The Kier molecular flexibility index (Phi) is 7.25. The standard InChI is InChI=1S/C30H50B4O8/c1-23(2)24(3,4)36-31(35-23)19-17-21(33-39-27(9,10)28(11,12)40-33)22(34-41-29(13,14)30(15,16)42-34)18-20(19)32-37-25(5,6)26(7,8)38-32/h17-18H,1-16H3. The first-order chi connectivity index (χ1) is 18.7. The fourth-order valence-electron chi connectivity index (χ4n) is 5.37. The molecule has 4 aliphatic heterocycles. The van der Waals surface area contributed by atoms with Crippen LogP contribution in [0.15, 0.2) is 12.1 Å². The summed E-state index contributed by atoms with van der Waals surface area (Å²) < 4.78 is 52.9. The molecule has 12 heteroatoms. The quantitative estimate of drug-likeness (QED) is 0.503. The van der Waals surface area contributed by atoms with Crippen molar-refractivity contribution in [2.24, 2.45) is 0 Å². The minimum Gasteiger partial charge on any atom is -0.399 e. The summed E-state index contributed by atoms with van der Waals surface area (Å²) in [5.74, 6) is 0. The maximum Gasteiger partial charge on any atom is 0.494 e. The van der Waals surface area contributed by atoms with E-state index in [9.17, 15) is 0 Å². The van der Waals surface area contributed by atoms with Gasteiger partial charge in [-0.2, -0.15) is 0 Å². The lowest BCUT2D eigenvalue weighted by atomic mass is 9.56. The summed E-state index contributed by atoms with van der Waals surface area (Å²) in [6.07, 6.45) is 0. The van der Waals surface area contributed by atoms with E-state index in [0.717, 1.165) is 21.9 Å². The van der Waals surface area contributed by atoms with E-state index in [0.29, 0.717) is 0 Å².